The topological polar surface area (TPSA) is 75.7 Å². The van der Waals surface area contributed by atoms with Crippen molar-refractivity contribution in [3.63, 3.8) is 0 Å². The molecule has 1 fully saturated rings. The number of halogens is 2. The average Bonchev–Trinajstić information content (AvgIpc) is 2.76. The third kappa shape index (κ3) is 5.80. The highest BCUT2D eigenvalue weighted by molar-refractivity contribution is 7.89. The first kappa shape index (κ1) is 23.1. The SMILES string of the molecule is CCOc1ccc(NC(=O)CCc2ccc(F)c(F)c2)cc1S(=O)(=O)N1CCCCC1. The average molecular weight is 453 g/mol. The molecule has 31 heavy (non-hydrogen) atoms. The first-order valence-electron chi connectivity index (χ1n) is 10.3. The Morgan fingerprint density at radius 3 is 2.48 bits per heavy atom. The van der Waals surface area contributed by atoms with Crippen LogP contribution in [0.2, 0.25) is 0 Å². The summed E-state index contributed by atoms with van der Waals surface area (Å²) < 4.78 is 59.6. The minimum atomic E-state index is -3.76. The van der Waals surface area contributed by atoms with Crippen molar-refractivity contribution in [3.8, 4) is 5.75 Å². The van der Waals surface area contributed by atoms with Crippen molar-refractivity contribution in [2.45, 2.75) is 43.9 Å². The number of aryl methyl sites for hydroxylation is 1. The van der Waals surface area contributed by atoms with Gasteiger partial charge in [0.2, 0.25) is 15.9 Å². The van der Waals surface area contributed by atoms with Gasteiger partial charge in [0.25, 0.3) is 0 Å². The summed E-state index contributed by atoms with van der Waals surface area (Å²) in [6, 6.07) is 8.02. The van der Waals surface area contributed by atoms with E-state index in [0.29, 0.717) is 30.9 Å². The van der Waals surface area contributed by atoms with Crippen LogP contribution in [0.3, 0.4) is 0 Å². The number of ether oxygens (including phenoxy) is 1. The maximum atomic E-state index is 13.3. The Kier molecular flexibility index (Phi) is 7.61. The molecule has 6 nitrogen and oxygen atoms in total. The highest BCUT2D eigenvalue weighted by Crippen LogP contribution is 2.31. The van der Waals surface area contributed by atoms with Crippen LogP contribution in [0.4, 0.5) is 14.5 Å². The fourth-order valence-corrected chi connectivity index (χ4v) is 5.16. The second kappa shape index (κ2) is 10.2. The molecule has 1 aliphatic heterocycles. The van der Waals surface area contributed by atoms with Crippen LogP contribution >= 0.6 is 0 Å². The number of amides is 1. The van der Waals surface area contributed by atoms with Gasteiger partial charge in [-0.1, -0.05) is 12.5 Å². The molecule has 0 radical (unpaired) electrons. The maximum absolute atomic E-state index is 13.3. The Morgan fingerprint density at radius 2 is 1.81 bits per heavy atom. The van der Waals surface area contributed by atoms with Crippen LogP contribution in [0.1, 0.15) is 38.2 Å². The molecule has 2 aromatic rings. The number of piperidine rings is 1. The standard InChI is InChI=1S/C22H26F2N2O4S/c1-2-30-20-10-8-17(15-21(20)31(28,29)26-12-4-3-5-13-26)25-22(27)11-7-16-6-9-18(23)19(24)14-16/h6,8-10,14-15H,2-5,7,11-13H2,1H3,(H,25,27). The number of carbonyl (C=O) groups excluding carboxylic acids is 1. The van der Waals surface area contributed by atoms with Crippen molar-refractivity contribution in [1.29, 1.82) is 0 Å². The Bertz CT molecular complexity index is 1040. The van der Waals surface area contributed by atoms with E-state index in [0.717, 1.165) is 31.4 Å². The molecule has 0 spiro atoms. The van der Waals surface area contributed by atoms with Gasteiger partial charge in [0.05, 0.1) is 6.61 Å². The van der Waals surface area contributed by atoms with Crippen molar-refractivity contribution in [2.75, 3.05) is 25.0 Å². The van der Waals surface area contributed by atoms with E-state index in [1.54, 1.807) is 13.0 Å². The number of benzene rings is 2. The summed E-state index contributed by atoms with van der Waals surface area (Å²) in [7, 11) is -3.76. The lowest BCUT2D eigenvalue weighted by Gasteiger charge is -2.27. The molecule has 0 saturated carbocycles. The van der Waals surface area contributed by atoms with Gasteiger partial charge in [-0.3, -0.25) is 4.79 Å². The molecule has 2 aromatic carbocycles. The molecule has 1 saturated heterocycles. The number of nitrogens with zero attached hydrogens (tertiary/aromatic N) is 1. The first-order chi connectivity index (χ1) is 14.8. The van der Waals surface area contributed by atoms with Gasteiger partial charge in [0.1, 0.15) is 10.6 Å². The summed E-state index contributed by atoms with van der Waals surface area (Å²) in [5, 5.41) is 2.68. The summed E-state index contributed by atoms with van der Waals surface area (Å²) in [6.45, 7) is 2.99. The maximum Gasteiger partial charge on any atom is 0.246 e. The summed E-state index contributed by atoms with van der Waals surface area (Å²) in [4.78, 5) is 12.4. The second-order valence-corrected chi connectivity index (χ2v) is 9.26. The van der Waals surface area contributed by atoms with E-state index < -0.39 is 21.7 Å². The van der Waals surface area contributed by atoms with Gasteiger partial charge < -0.3 is 10.1 Å². The van der Waals surface area contributed by atoms with Crippen molar-refractivity contribution in [2.24, 2.45) is 0 Å². The molecular formula is C22H26F2N2O4S. The van der Waals surface area contributed by atoms with E-state index >= 15 is 0 Å². The first-order valence-corrected chi connectivity index (χ1v) is 11.8. The molecule has 9 heteroatoms. The van der Waals surface area contributed by atoms with E-state index in [-0.39, 0.29) is 29.4 Å². The molecule has 1 amide bonds. The molecular weight excluding hydrogens is 426 g/mol. The number of sulfonamides is 1. The number of carbonyl (C=O) groups is 1. The number of nitrogens with one attached hydrogen (secondary N) is 1. The van der Waals surface area contributed by atoms with Gasteiger partial charge in [0, 0.05) is 25.2 Å². The second-order valence-electron chi connectivity index (χ2n) is 7.36. The molecule has 1 aliphatic rings. The number of hydrogen-bond acceptors (Lipinski definition) is 4. The van der Waals surface area contributed by atoms with Crippen LogP contribution in [0.15, 0.2) is 41.3 Å². The Hall–Kier alpha value is -2.52. The van der Waals surface area contributed by atoms with Gasteiger partial charge in [-0.2, -0.15) is 4.31 Å². The molecule has 0 aromatic heterocycles. The van der Waals surface area contributed by atoms with Crippen molar-refractivity contribution in [3.05, 3.63) is 53.6 Å². The molecule has 0 atom stereocenters. The normalized spacial score (nSPS) is 14.9. The zero-order valence-corrected chi connectivity index (χ0v) is 18.2. The molecule has 0 bridgehead atoms. The van der Waals surface area contributed by atoms with E-state index in [9.17, 15) is 22.0 Å². The highest BCUT2D eigenvalue weighted by Gasteiger charge is 2.29. The Morgan fingerprint density at radius 1 is 1.06 bits per heavy atom. The lowest BCUT2D eigenvalue weighted by Crippen LogP contribution is -2.35. The fourth-order valence-electron chi connectivity index (χ4n) is 3.48. The molecule has 1 heterocycles. The van der Waals surface area contributed by atoms with Gasteiger partial charge in [-0.25, -0.2) is 17.2 Å². The largest absolute Gasteiger partial charge is 0.492 e. The van der Waals surface area contributed by atoms with E-state index in [2.05, 4.69) is 5.32 Å². The molecule has 0 unspecified atom stereocenters. The summed E-state index contributed by atoms with van der Waals surface area (Å²) in [6.07, 6.45) is 2.87. The third-order valence-corrected chi connectivity index (χ3v) is 7.00. The van der Waals surface area contributed by atoms with Crippen LogP contribution < -0.4 is 10.1 Å². The van der Waals surface area contributed by atoms with Crippen molar-refractivity contribution < 1.29 is 26.7 Å². The fraction of sp³-hybridized carbons (Fsp3) is 0.409. The van der Waals surface area contributed by atoms with E-state index in [1.165, 1.54) is 22.5 Å². The van der Waals surface area contributed by atoms with E-state index in [4.69, 9.17) is 4.74 Å². The summed E-state index contributed by atoms with van der Waals surface area (Å²) in [5.74, 6) is -2.02. The van der Waals surface area contributed by atoms with Crippen LogP contribution in [0, 0.1) is 11.6 Å². The third-order valence-electron chi connectivity index (χ3n) is 5.08. The smallest absolute Gasteiger partial charge is 0.246 e. The van der Waals surface area contributed by atoms with Gasteiger partial charge >= 0.3 is 0 Å². The zero-order chi connectivity index (χ0) is 22.4. The molecule has 0 aliphatic carbocycles. The number of anilines is 1. The van der Waals surface area contributed by atoms with Crippen LogP contribution in [-0.4, -0.2) is 38.3 Å². The number of hydrogen-bond donors (Lipinski definition) is 1. The van der Waals surface area contributed by atoms with Crippen molar-refractivity contribution in [1.82, 2.24) is 4.31 Å². The highest BCUT2D eigenvalue weighted by atomic mass is 32.2. The van der Waals surface area contributed by atoms with Crippen molar-refractivity contribution >= 4 is 21.6 Å². The predicted molar refractivity (Wildman–Crippen MR) is 114 cm³/mol. The van der Waals surface area contributed by atoms with Crippen LogP contribution in [0.25, 0.3) is 0 Å². The minimum Gasteiger partial charge on any atom is -0.492 e. The minimum absolute atomic E-state index is 0.0228. The van der Waals surface area contributed by atoms with Gasteiger partial charge in [-0.15, -0.1) is 0 Å². The molecule has 3 rings (SSSR count). The van der Waals surface area contributed by atoms with E-state index in [1.807, 2.05) is 0 Å². The summed E-state index contributed by atoms with van der Waals surface area (Å²) >= 11 is 0. The quantitative estimate of drug-likeness (QED) is 0.654. The van der Waals surface area contributed by atoms with Crippen LogP contribution in [-0.2, 0) is 21.2 Å². The number of rotatable bonds is 8. The molecule has 1 N–H and O–H groups in total. The van der Waals surface area contributed by atoms with Gasteiger partial charge in [0.15, 0.2) is 11.6 Å². The lowest BCUT2D eigenvalue weighted by molar-refractivity contribution is -0.116. The summed E-state index contributed by atoms with van der Waals surface area (Å²) in [5.41, 5.74) is 0.823. The lowest BCUT2D eigenvalue weighted by atomic mass is 10.1. The predicted octanol–water partition coefficient (Wildman–Crippen LogP) is 4.11. The Balaban J connectivity index is 1.74. The van der Waals surface area contributed by atoms with Crippen LogP contribution in [0.5, 0.6) is 5.75 Å². The van der Waals surface area contributed by atoms with Gasteiger partial charge in [-0.05, 0) is 62.1 Å². The monoisotopic (exact) mass is 452 g/mol. The molecule has 168 valence electrons. The Labute approximate surface area is 181 Å². The zero-order valence-electron chi connectivity index (χ0n) is 17.4.